The van der Waals surface area contributed by atoms with Crippen LogP contribution < -0.4 is 10.6 Å². The highest BCUT2D eigenvalue weighted by molar-refractivity contribution is 6.41. The normalized spacial score (nSPS) is 16.6. The van der Waals surface area contributed by atoms with Crippen LogP contribution in [0.5, 0.6) is 0 Å². The van der Waals surface area contributed by atoms with E-state index in [1.54, 1.807) is 12.3 Å². The van der Waals surface area contributed by atoms with Gasteiger partial charge >= 0.3 is 11.8 Å². The number of aryl methyl sites for hydroxylation is 1. The van der Waals surface area contributed by atoms with Crippen molar-refractivity contribution in [1.29, 1.82) is 0 Å². The van der Waals surface area contributed by atoms with Crippen LogP contribution in [0.25, 0.3) is 16.7 Å². The Morgan fingerprint density at radius 2 is 1.97 bits per heavy atom. The van der Waals surface area contributed by atoms with E-state index in [2.05, 4.69) is 15.0 Å². The number of halogens is 2. The van der Waals surface area contributed by atoms with Crippen molar-refractivity contribution in [1.82, 2.24) is 24.4 Å². The molecule has 0 radical (unpaired) electrons. The molecule has 3 aromatic rings. The number of pyridine rings is 2. The number of piperazine rings is 1. The van der Waals surface area contributed by atoms with Crippen LogP contribution in [0.2, 0.25) is 10.2 Å². The average Bonchev–Trinajstić information content (AvgIpc) is 2.75. The minimum absolute atomic E-state index is 0.0495. The molecule has 1 saturated heterocycles. The lowest BCUT2D eigenvalue weighted by Gasteiger charge is -2.39. The number of fused-ring (bicyclic) bond motifs is 1. The number of carboxylic acid groups (broad SMARTS) is 1. The summed E-state index contributed by atoms with van der Waals surface area (Å²) in [6, 6.07) is 3.28. The van der Waals surface area contributed by atoms with Gasteiger partial charge in [0.2, 0.25) is 0 Å². The van der Waals surface area contributed by atoms with Crippen LogP contribution in [0.4, 0.5) is 10.6 Å². The number of rotatable bonds is 3. The summed E-state index contributed by atoms with van der Waals surface area (Å²) in [7, 11) is 0. The highest BCUT2D eigenvalue weighted by atomic mass is 35.5. The number of aromatic nitrogens is 4. The zero-order valence-corrected chi connectivity index (χ0v) is 20.2. The number of amides is 1. The summed E-state index contributed by atoms with van der Waals surface area (Å²) in [6.07, 6.45) is 0.740. The molecule has 0 spiro atoms. The predicted octanol–water partition coefficient (Wildman–Crippen LogP) is 4.10. The maximum absolute atomic E-state index is 13.5. The summed E-state index contributed by atoms with van der Waals surface area (Å²) in [5.74, 6) is 0.455. The molecule has 1 fully saturated rings. The number of anilines is 1. The van der Waals surface area contributed by atoms with Crippen molar-refractivity contribution in [2.24, 2.45) is 0 Å². The number of carbonyl (C=O) groups is 1. The molecule has 1 atom stereocenters. The Balaban J connectivity index is 1.99. The van der Waals surface area contributed by atoms with E-state index in [1.807, 2.05) is 38.7 Å². The van der Waals surface area contributed by atoms with Crippen molar-refractivity contribution >= 4 is 46.1 Å². The van der Waals surface area contributed by atoms with Crippen LogP contribution in [-0.4, -0.2) is 61.3 Å². The van der Waals surface area contributed by atoms with Gasteiger partial charge in [0.15, 0.2) is 5.65 Å². The molecule has 33 heavy (non-hydrogen) atoms. The topological polar surface area (TPSA) is 104 Å². The molecule has 0 aromatic carbocycles. The van der Waals surface area contributed by atoms with Gasteiger partial charge < -0.3 is 14.9 Å². The molecule has 1 N–H and O–H groups in total. The molecule has 0 bridgehead atoms. The summed E-state index contributed by atoms with van der Waals surface area (Å²) in [5.41, 5.74) is 2.02. The Bertz CT molecular complexity index is 1310. The molecule has 1 aliphatic heterocycles. The molecule has 3 aromatic heterocycles. The fraction of sp³-hybridized carbons (Fsp3) is 0.409. The van der Waals surface area contributed by atoms with Crippen LogP contribution in [0.15, 0.2) is 23.1 Å². The lowest BCUT2D eigenvalue weighted by atomic mass is 10.0. The second kappa shape index (κ2) is 8.79. The smallest absolute Gasteiger partial charge is 0.407 e. The molecular formula is C22H24Cl2N6O3. The van der Waals surface area contributed by atoms with Gasteiger partial charge in [-0.25, -0.2) is 19.1 Å². The monoisotopic (exact) mass is 490 g/mol. The SMILES string of the molecule is Cc1ccnc(C(C)C)c1-n1c(=O)nc(N2CCN(C(=O)O)C[C@H]2C)c2cc(Cl)c(Cl)nc21. The molecular weight excluding hydrogens is 467 g/mol. The fourth-order valence-corrected chi connectivity index (χ4v) is 4.52. The van der Waals surface area contributed by atoms with E-state index in [4.69, 9.17) is 23.2 Å². The van der Waals surface area contributed by atoms with Crippen LogP contribution >= 0.6 is 23.2 Å². The first-order valence-corrected chi connectivity index (χ1v) is 11.3. The maximum atomic E-state index is 13.5. The van der Waals surface area contributed by atoms with E-state index < -0.39 is 11.8 Å². The predicted molar refractivity (Wildman–Crippen MR) is 128 cm³/mol. The summed E-state index contributed by atoms with van der Waals surface area (Å²) < 4.78 is 1.44. The Morgan fingerprint density at radius 1 is 1.24 bits per heavy atom. The third-order valence-corrected chi connectivity index (χ3v) is 6.53. The second-order valence-electron chi connectivity index (χ2n) is 8.47. The summed E-state index contributed by atoms with van der Waals surface area (Å²) >= 11 is 12.6. The third-order valence-electron chi connectivity index (χ3n) is 5.85. The van der Waals surface area contributed by atoms with E-state index in [9.17, 15) is 14.7 Å². The third kappa shape index (κ3) is 4.11. The first-order chi connectivity index (χ1) is 15.6. The van der Waals surface area contributed by atoms with Gasteiger partial charge in [-0.05, 0) is 37.5 Å². The molecule has 11 heteroatoms. The summed E-state index contributed by atoms with van der Waals surface area (Å²) in [4.78, 5) is 41.6. The van der Waals surface area contributed by atoms with Gasteiger partial charge in [-0.2, -0.15) is 4.98 Å². The maximum Gasteiger partial charge on any atom is 0.407 e. The van der Waals surface area contributed by atoms with Gasteiger partial charge in [0.1, 0.15) is 11.0 Å². The fourth-order valence-electron chi connectivity index (χ4n) is 4.24. The molecule has 0 unspecified atom stereocenters. The quantitative estimate of drug-likeness (QED) is 0.550. The van der Waals surface area contributed by atoms with Crippen LogP contribution in [0, 0.1) is 6.92 Å². The van der Waals surface area contributed by atoms with Gasteiger partial charge in [-0.15, -0.1) is 0 Å². The average molecular weight is 491 g/mol. The van der Waals surface area contributed by atoms with Crippen molar-refractivity contribution in [3.8, 4) is 5.69 Å². The molecule has 4 rings (SSSR count). The van der Waals surface area contributed by atoms with Gasteiger partial charge in [-0.1, -0.05) is 37.0 Å². The van der Waals surface area contributed by atoms with Gasteiger partial charge in [0.25, 0.3) is 0 Å². The molecule has 1 aliphatic rings. The number of nitrogens with zero attached hydrogens (tertiary/aromatic N) is 6. The van der Waals surface area contributed by atoms with Gasteiger partial charge in [-0.3, -0.25) is 4.98 Å². The first-order valence-electron chi connectivity index (χ1n) is 10.6. The van der Waals surface area contributed by atoms with Crippen LogP contribution in [0.1, 0.15) is 37.9 Å². The van der Waals surface area contributed by atoms with E-state index in [0.717, 1.165) is 11.3 Å². The molecule has 1 amide bonds. The highest BCUT2D eigenvalue weighted by Gasteiger charge is 2.30. The zero-order chi connectivity index (χ0) is 24.0. The van der Waals surface area contributed by atoms with E-state index in [0.29, 0.717) is 35.6 Å². The van der Waals surface area contributed by atoms with E-state index in [1.165, 1.54) is 9.47 Å². The molecule has 9 nitrogen and oxygen atoms in total. The van der Waals surface area contributed by atoms with E-state index in [-0.39, 0.29) is 28.7 Å². The summed E-state index contributed by atoms with van der Waals surface area (Å²) in [6.45, 7) is 8.75. The molecule has 4 heterocycles. The lowest BCUT2D eigenvalue weighted by Crippen LogP contribution is -2.54. The van der Waals surface area contributed by atoms with Crippen molar-refractivity contribution in [3.63, 3.8) is 0 Å². The van der Waals surface area contributed by atoms with Crippen molar-refractivity contribution in [3.05, 3.63) is 50.2 Å². The minimum atomic E-state index is -0.973. The molecule has 0 aliphatic carbocycles. The standard InChI is InChI=1S/C22H24Cl2N6O3/c1-11(2)16-17(12(3)5-6-25-16)30-20-14(9-15(23)18(24)26-20)19(27-21(30)31)29-8-7-28(22(32)33)10-13(29)4/h5-6,9,11,13H,7-8,10H2,1-4H3,(H,32,33)/t13-/m1/s1. The largest absolute Gasteiger partial charge is 0.465 e. The Hall–Kier alpha value is -2.91. The highest BCUT2D eigenvalue weighted by Crippen LogP contribution is 2.33. The lowest BCUT2D eigenvalue weighted by molar-refractivity contribution is 0.136. The Morgan fingerprint density at radius 3 is 2.61 bits per heavy atom. The van der Waals surface area contributed by atoms with Crippen molar-refractivity contribution < 1.29 is 9.90 Å². The number of hydrogen-bond acceptors (Lipinski definition) is 6. The van der Waals surface area contributed by atoms with E-state index >= 15 is 0 Å². The van der Waals surface area contributed by atoms with Gasteiger partial charge in [0, 0.05) is 31.9 Å². The molecule has 0 saturated carbocycles. The molecule has 174 valence electrons. The van der Waals surface area contributed by atoms with Gasteiger partial charge in [0.05, 0.1) is 21.8 Å². The zero-order valence-electron chi connectivity index (χ0n) is 18.7. The number of hydrogen-bond donors (Lipinski definition) is 1. The van der Waals surface area contributed by atoms with Crippen molar-refractivity contribution in [2.75, 3.05) is 24.5 Å². The van der Waals surface area contributed by atoms with Crippen LogP contribution in [-0.2, 0) is 0 Å². The first kappa shape index (κ1) is 23.3. The van der Waals surface area contributed by atoms with Crippen molar-refractivity contribution in [2.45, 2.75) is 39.7 Å². The Labute approximate surface area is 200 Å². The van der Waals surface area contributed by atoms with Crippen LogP contribution in [0.3, 0.4) is 0 Å². The summed E-state index contributed by atoms with van der Waals surface area (Å²) in [5, 5.41) is 10.2. The second-order valence-corrected chi connectivity index (χ2v) is 9.24. The minimum Gasteiger partial charge on any atom is -0.465 e. The Kier molecular flexibility index (Phi) is 6.20.